The van der Waals surface area contributed by atoms with E-state index in [2.05, 4.69) is 40.7 Å². The second-order valence-corrected chi connectivity index (χ2v) is 6.28. The molecule has 0 radical (unpaired) electrons. The van der Waals surface area contributed by atoms with Crippen LogP contribution < -0.4 is 15.5 Å². The molecule has 2 aromatic rings. The van der Waals surface area contributed by atoms with Gasteiger partial charge in [-0.25, -0.2) is 9.18 Å². The summed E-state index contributed by atoms with van der Waals surface area (Å²) >= 11 is 0. The van der Waals surface area contributed by atoms with Crippen molar-refractivity contribution < 1.29 is 9.18 Å². The summed E-state index contributed by atoms with van der Waals surface area (Å²) in [4.78, 5) is 14.3. The SMILES string of the molecule is CCN1CCCc2cc(CCNC(=O)Nc3ccc(F)cc3)ccc21. The molecule has 1 heterocycles. The first-order valence-electron chi connectivity index (χ1n) is 8.83. The van der Waals surface area contributed by atoms with Crippen LogP contribution >= 0.6 is 0 Å². The highest BCUT2D eigenvalue weighted by Gasteiger charge is 2.15. The van der Waals surface area contributed by atoms with Crippen molar-refractivity contribution in [3.8, 4) is 0 Å². The van der Waals surface area contributed by atoms with Gasteiger partial charge in [0.1, 0.15) is 5.82 Å². The van der Waals surface area contributed by atoms with Crippen LogP contribution in [0.1, 0.15) is 24.5 Å². The van der Waals surface area contributed by atoms with Crippen molar-refractivity contribution in [3.63, 3.8) is 0 Å². The maximum atomic E-state index is 12.9. The maximum Gasteiger partial charge on any atom is 0.319 e. The molecule has 0 saturated carbocycles. The number of benzene rings is 2. The van der Waals surface area contributed by atoms with Crippen molar-refractivity contribution in [2.24, 2.45) is 0 Å². The Balaban J connectivity index is 1.50. The van der Waals surface area contributed by atoms with Gasteiger partial charge in [-0.15, -0.1) is 0 Å². The van der Waals surface area contributed by atoms with Crippen LogP contribution in [-0.4, -0.2) is 25.7 Å². The number of hydrogen-bond acceptors (Lipinski definition) is 2. The monoisotopic (exact) mass is 341 g/mol. The largest absolute Gasteiger partial charge is 0.372 e. The topological polar surface area (TPSA) is 44.4 Å². The molecule has 25 heavy (non-hydrogen) atoms. The summed E-state index contributed by atoms with van der Waals surface area (Å²) in [6, 6.07) is 12.1. The Bertz CT molecular complexity index is 730. The second-order valence-electron chi connectivity index (χ2n) is 6.28. The lowest BCUT2D eigenvalue weighted by molar-refractivity contribution is 0.252. The molecule has 0 bridgehead atoms. The van der Waals surface area contributed by atoms with E-state index < -0.39 is 0 Å². The summed E-state index contributed by atoms with van der Waals surface area (Å²) in [7, 11) is 0. The summed E-state index contributed by atoms with van der Waals surface area (Å²) in [5.41, 5.74) is 4.56. The van der Waals surface area contributed by atoms with E-state index in [4.69, 9.17) is 0 Å². The summed E-state index contributed by atoms with van der Waals surface area (Å²) in [6.45, 7) is 4.92. The number of rotatable bonds is 5. The Morgan fingerprint density at radius 1 is 1.20 bits per heavy atom. The Labute approximate surface area is 148 Å². The number of halogens is 1. The van der Waals surface area contributed by atoms with Gasteiger partial charge in [-0.2, -0.15) is 0 Å². The number of amides is 2. The Kier molecular flexibility index (Phi) is 5.53. The number of nitrogens with zero attached hydrogens (tertiary/aromatic N) is 1. The first kappa shape index (κ1) is 17.3. The standard InChI is InChI=1S/C20H24FN3O/c1-2-24-13-3-4-16-14-15(5-10-19(16)24)11-12-22-20(25)23-18-8-6-17(21)7-9-18/h5-10,14H,2-4,11-13H2,1H3,(H2,22,23,25). The zero-order chi connectivity index (χ0) is 17.6. The molecular weight excluding hydrogens is 317 g/mol. The Morgan fingerprint density at radius 2 is 2.00 bits per heavy atom. The fourth-order valence-corrected chi connectivity index (χ4v) is 3.24. The van der Waals surface area contributed by atoms with Crippen molar-refractivity contribution in [1.82, 2.24) is 5.32 Å². The van der Waals surface area contributed by atoms with E-state index in [9.17, 15) is 9.18 Å². The molecule has 1 aliphatic heterocycles. The van der Waals surface area contributed by atoms with Gasteiger partial charge < -0.3 is 15.5 Å². The number of urea groups is 1. The third kappa shape index (κ3) is 4.50. The predicted octanol–water partition coefficient (Wildman–Crippen LogP) is 3.96. The van der Waals surface area contributed by atoms with Crippen LogP contribution in [0.3, 0.4) is 0 Å². The molecule has 5 heteroatoms. The van der Waals surface area contributed by atoms with Crippen LogP contribution in [0.2, 0.25) is 0 Å². The lowest BCUT2D eigenvalue weighted by Crippen LogP contribution is -2.30. The van der Waals surface area contributed by atoms with Crippen LogP contribution in [0, 0.1) is 5.82 Å². The molecule has 2 N–H and O–H groups in total. The van der Waals surface area contributed by atoms with Gasteiger partial charge in [0.25, 0.3) is 0 Å². The number of nitrogens with one attached hydrogen (secondary N) is 2. The third-order valence-electron chi connectivity index (χ3n) is 4.54. The number of carbonyl (C=O) groups is 1. The first-order valence-corrected chi connectivity index (χ1v) is 8.83. The highest BCUT2D eigenvalue weighted by atomic mass is 19.1. The number of fused-ring (bicyclic) bond motifs is 1. The zero-order valence-corrected chi connectivity index (χ0v) is 14.5. The third-order valence-corrected chi connectivity index (χ3v) is 4.54. The van der Waals surface area contributed by atoms with Crippen LogP contribution in [0.15, 0.2) is 42.5 Å². The molecule has 0 aromatic heterocycles. The quantitative estimate of drug-likeness (QED) is 0.864. The van der Waals surface area contributed by atoms with Gasteiger partial charge in [0.2, 0.25) is 0 Å². The number of carbonyl (C=O) groups excluding carboxylic acids is 1. The molecule has 0 aliphatic carbocycles. The molecular formula is C20H24FN3O. The van der Waals surface area contributed by atoms with Crippen molar-refractivity contribution >= 4 is 17.4 Å². The van der Waals surface area contributed by atoms with E-state index >= 15 is 0 Å². The van der Waals surface area contributed by atoms with Gasteiger partial charge in [-0.3, -0.25) is 0 Å². The average molecular weight is 341 g/mol. The van der Waals surface area contributed by atoms with E-state index in [1.54, 1.807) is 0 Å². The van der Waals surface area contributed by atoms with Crippen LogP contribution in [-0.2, 0) is 12.8 Å². The zero-order valence-electron chi connectivity index (χ0n) is 14.5. The van der Waals surface area contributed by atoms with Crippen molar-refractivity contribution in [2.75, 3.05) is 29.9 Å². The van der Waals surface area contributed by atoms with E-state index in [1.807, 2.05) is 0 Å². The maximum absolute atomic E-state index is 12.9. The van der Waals surface area contributed by atoms with E-state index in [-0.39, 0.29) is 11.8 Å². The smallest absolute Gasteiger partial charge is 0.319 e. The summed E-state index contributed by atoms with van der Waals surface area (Å²) in [6.07, 6.45) is 3.11. The molecule has 1 aliphatic rings. The molecule has 132 valence electrons. The van der Waals surface area contributed by atoms with Crippen LogP contribution in [0.25, 0.3) is 0 Å². The molecule has 2 amide bonds. The normalized spacial score (nSPS) is 13.3. The lowest BCUT2D eigenvalue weighted by atomic mass is 9.98. The number of anilines is 2. The van der Waals surface area contributed by atoms with Crippen LogP contribution in [0.5, 0.6) is 0 Å². The van der Waals surface area contributed by atoms with E-state index in [0.717, 1.165) is 25.9 Å². The highest BCUT2D eigenvalue weighted by molar-refractivity contribution is 5.89. The first-order chi connectivity index (χ1) is 12.2. The van der Waals surface area contributed by atoms with Crippen molar-refractivity contribution in [2.45, 2.75) is 26.2 Å². The van der Waals surface area contributed by atoms with Gasteiger partial charge in [-0.05, 0) is 67.6 Å². The molecule has 0 saturated heterocycles. The molecule has 3 rings (SSSR count). The summed E-state index contributed by atoms with van der Waals surface area (Å²) in [5, 5.41) is 5.54. The number of hydrogen-bond donors (Lipinski definition) is 2. The van der Waals surface area contributed by atoms with Crippen LogP contribution in [0.4, 0.5) is 20.6 Å². The Hall–Kier alpha value is -2.56. The number of aryl methyl sites for hydroxylation is 1. The highest BCUT2D eigenvalue weighted by Crippen LogP contribution is 2.27. The average Bonchev–Trinajstić information content (AvgIpc) is 2.63. The molecule has 0 atom stereocenters. The van der Waals surface area contributed by atoms with Gasteiger partial charge in [-0.1, -0.05) is 12.1 Å². The minimum Gasteiger partial charge on any atom is -0.372 e. The fraction of sp³-hybridized carbons (Fsp3) is 0.350. The summed E-state index contributed by atoms with van der Waals surface area (Å²) < 4.78 is 12.9. The fourth-order valence-electron chi connectivity index (χ4n) is 3.24. The van der Waals surface area contributed by atoms with Crippen molar-refractivity contribution in [1.29, 1.82) is 0 Å². The Morgan fingerprint density at radius 3 is 2.76 bits per heavy atom. The van der Waals surface area contributed by atoms with Gasteiger partial charge in [0.15, 0.2) is 0 Å². The molecule has 2 aromatic carbocycles. The minimum atomic E-state index is -0.319. The molecule has 0 spiro atoms. The van der Waals surface area contributed by atoms with E-state index in [1.165, 1.54) is 47.5 Å². The van der Waals surface area contributed by atoms with E-state index in [0.29, 0.717) is 12.2 Å². The molecule has 4 nitrogen and oxygen atoms in total. The molecule has 0 fully saturated rings. The lowest BCUT2D eigenvalue weighted by Gasteiger charge is -2.30. The minimum absolute atomic E-state index is 0.276. The van der Waals surface area contributed by atoms with Gasteiger partial charge in [0.05, 0.1) is 0 Å². The van der Waals surface area contributed by atoms with Crippen molar-refractivity contribution in [3.05, 3.63) is 59.4 Å². The second kappa shape index (κ2) is 8.01. The molecule has 0 unspecified atom stereocenters. The predicted molar refractivity (Wildman–Crippen MR) is 99.8 cm³/mol. The van der Waals surface area contributed by atoms with Gasteiger partial charge >= 0.3 is 6.03 Å². The summed E-state index contributed by atoms with van der Waals surface area (Å²) in [5.74, 6) is -0.319. The van der Waals surface area contributed by atoms with Gasteiger partial charge in [0, 0.05) is 31.0 Å².